The summed E-state index contributed by atoms with van der Waals surface area (Å²) in [6, 6.07) is 9.50. The lowest BCUT2D eigenvalue weighted by Crippen LogP contribution is -2.47. The summed E-state index contributed by atoms with van der Waals surface area (Å²) in [5, 5.41) is 0. The first-order valence-corrected chi connectivity index (χ1v) is 14.2. The fourth-order valence-corrected chi connectivity index (χ4v) is 5.90. The van der Waals surface area contributed by atoms with Crippen molar-refractivity contribution >= 4 is 28.9 Å². The van der Waals surface area contributed by atoms with Crippen molar-refractivity contribution in [3.8, 4) is 5.75 Å². The van der Waals surface area contributed by atoms with Crippen molar-refractivity contribution in [3.63, 3.8) is 0 Å². The number of imide groups is 1. The van der Waals surface area contributed by atoms with Crippen molar-refractivity contribution in [2.45, 2.75) is 70.6 Å². The van der Waals surface area contributed by atoms with Crippen molar-refractivity contribution in [1.29, 1.82) is 0 Å². The average molecular weight is 581 g/mol. The summed E-state index contributed by atoms with van der Waals surface area (Å²) in [6.45, 7) is 6.39. The molecule has 2 fully saturated rings. The Balaban J connectivity index is 1.39. The Morgan fingerprint density at radius 1 is 1.00 bits per heavy atom. The van der Waals surface area contributed by atoms with Crippen LogP contribution in [-0.4, -0.2) is 62.6 Å². The number of amides is 3. The molecule has 0 radical (unpaired) electrons. The summed E-state index contributed by atoms with van der Waals surface area (Å²) in [6.07, 6.45) is 0.974. The lowest BCUT2D eigenvalue weighted by Gasteiger charge is -2.33. The van der Waals surface area contributed by atoms with Gasteiger partial charge >= 0.3 is 11.8 Å². The Hall–Kier alpha value is -4.15. The zero-order valence-corrected chi connectivity index (χ0v) is 24.7. The largest absolute Gasteiger partial charge is 0.497 e. The van der Waals surface area contributed by atoms with Crippen LogP contribution in [0.3, 0.4) is 0 Å². The molecule has 0 bridgehead atoms. The van der Waals surface area contributed by atoms with E-state index in [0.717, 1.165) is 5.56 Å². The van der Waals surface area contributed by atoms with Crippen molar-refractivity contribution in [3.05, 3.63) is 63.8 Å². The minimum absolute atomic E-state index is 0.0676. The predicted octanol–water partition coefficient (Wildman–Crippen LogP) is 4.49. The molecule has 1 aromatic heterocycles. The molecule has 2 aromatic carbocycles. The van der Waals surface area contributed by atoms with Gasteiger partial charge in [0.05, 0.1) is 19.2 Å². The van der Waals surface area contributed by atoms with Gasteiger partial charge in [-0.05, 0) is 75.3 Å². The van der Waals surface area contributed by atoms with Crippen LogP contribution in [0.4, 0.5) is 9.18 Å². The Kier molecular flexibility index (Phi) is 7.87. The van der Waals surface area contributed by atoms with Crippen molar-refractivity contribution in [2.75, 3.05) is 20.2 Å². The van der Waals surface area contributed by atoms with Gasteiger partial charge < -0.3 is 14.4 Å². The Morgan fingerprint density at radius 3 is 2.29 bits per heavy atom. The predicted molar refractivity (Wildman–Crippen MR) is 154 cm³/mol. The highest BCUT2D eigenvalue weighted by Gasteiger charge is 2.38. The molecule has 2 aliphatic rings. The van der Waals surface area contributed by atoms with Crippen LogP contribution in [0.25, 0.3) is 11.0 Å². The first-order valence-electron chi connectivity index (χ1n) is 14.2. The molecular formula is C31H37FN4O6. The van der Waals surface area contributed by atoms with Gasteiger partial charge in [-0.25, -0.2) is 14.0 Å². The molecule has 224 valence electrons. The number of fused-ring (bicyclic) bond motifs is 1. The number of likely N-dealkylation sites (tertiary alicyclic amines) is 2. The third kappa shape index (κ3) is 5.52. The minimum atomic E-state index is -0.931. The van der Waals surface area contributed by atoms with E-state index in [-0.39, 0.29) is 42.8 Å². The molecule has 0 spiro atoms. The summed E-state index contributed by atoms with van der Waals surface area (Å²) < 4.78 is 29.3. The molecule has 0 aliphatic carbocycles. The van der Waals surface area contributed by atoms with Crippen molar-refractivity contribution < 1.29 is 28.2 Å². The fraction of sp³-hybridized carbons (Fsp3) is 0.484. The number of ether oxygens (including phenoxy) is 2. The van der Waals surface area contributed by atoms with Crippen LogP contribution < -0.4 is 10.4 Å². The van der Waals surface area contributed by atoms with Gasteiger partial charge in [0.1, 0.15) is 22.9 Å². The van der Waals surface area contributed by atoms with Crippen LogP contribution in [0.5, 0.6) is 5.75 Å². The van der Waals surface area contributed by atoms with E-state index >= 15 is 4.39 Å². The standard InChI is InChI=1S/C31H37FN4O6/c1-31(2,3)42-30(40)34-16-14-20(15-17-34)22-10-11-23-27(26(22)32)33(4)29(39)36(23)24-12-13-25(37)35(28(24)38)18-19-6-8-21(41-5)9-7-19/h6-11,20,24H,12-18H2,1-5H3. The van der Waals surface area contributed by atoms with Crippen LogP contribution in [0.2, 0.25) is 0 Å². The van der Waals surface area contributed by atoms with Crippen LogP contribution in [0.15, 0.2) is 41.2 Å². The van der Waals surface area contributed by atoms with Crippen molar-refractivity contribution in [2.24, 2.45) is 7.05 Å². The van der Waals surface area contributed by atoms with Crippen LogP contribution in [-0.2, 0) is 27.9 Å². The van der Waals surface area contributed by atoms with E-state index in [0.29, 0.717) is 42.8 Å². The second-order valence-electron chi connectivity index (χ2n) is 12.0. The third-order valence-corrected chi connectivity index (χ3v) is 8.09. The molecule has 5 rings (SSSR count). The number of carbonyl (C=O) groups is 3. The highest BCUT2D eigenvalue weighted by molar-refractivity contribution is 6.00. The molecule has 3 heterocycles. The molecule has 0 saturated carbocycles. The lowest BCUT2D eigenvalue weighted by molar-refractivity contribution is -0.151. The van der Waals surface area contributed by atoms with E-state index < -0.39 is 29.1 Å². The molecule has 11 heteroatoms. The number of nitrogens with zero attached hydrogens (tertiary/aromatic N) is 4. The zero-order chi connectivity index (χ0) is 30.3. The monoisotopic (exact) mass is 580 g/mol. The van der Waals surface area contributed by atoms with E-state index in [1.165, 1.54) is 21.1 Å². The summed E-state index contributed by atoms with van der Waals surface area (Å²) in [7, 11) is 3.05. The van der Waals surface area contributed by atoms with Gasteiger partial charge in [0.2, 0.25) is 5.91 Å². The molecule has 42 heavy (non-hydrogen) atoms. The normalized spacial score (nSPS) is 18.6. The summed E-state index contributed by atoms with van der Waals surface area (Å²) in [5.41, 5.74) is 0.550. The Morgan fingerprint density at radius 2 is 1.67 bits per heavy atom. The number of halogens is 1. The molecule has 3 amide bonds. The smallest absolute Gasteiger partial charge is 0.410 e. The Labute approximate surface area is 243 Å². The highest BCUT2D eigenvalue weighted by Crippen LogP contribution is 2.35. The second kappa shape index (κ2) is 11.3. The molecule has 1 atom stereocenters. The summed E-state index contributed by atoms with van der Waals surface area (Å²) in [5.74, 6) is -0.788. The quantitative estimate of drug-likeness (QED) is 0.412. The molecule has 2 saturated heterocycles. The number of aryl methyl sites for hydroxylation is 1. The maximum atomic E-state index is 16.1. The van der Waals surface area contributed by atoms with Gasteiger partial charge in [-0.15, -0.1) is 0 Å². The van der Waals surface area contributed by atoms with Crippen LogP contribution in [0, 0.1) is 5.82 Å². The fourth-order valence-electron chi connectivity index (χ4n) is 5.90. The number of hydrogen-bond donors (Lipinski definition) is 0. The van der Waals surface area contributed by atoms with Gasteiger partial charge in [-0.2, -0.15) is 0 Å². The van der Waals surface area contributed by atoms with E-state index in [1.54, 1.807) is 48.4 Å². The van der Waals surface area contributed by atoms with Crippen molar-refractivity contribution in [1.82, 2.24) is 18.9 Å². The first kappa shape index (κ1) is 29.3. The van der Waals surface area contributed by atoms with Gasteiger partial charge in [0.15, 0.2) is 5.82 Å². The van der Waals surface area contributed by atoms with Gasteiger partial charge in [0, 0.05) is 26.6 Å². The number of imidazole rings is 1. The number of methoxy groups -OCH3 is 1. The van der Waals surface area contributed by atoms with E-state index in [4.69, 9.17) is 9.47 Å². The van der Waals surface area contributed by atoms with E-state index in [1.807, 2.05) is 20.8 Å². The summed E-state index contributed by atoms with van der Waals surface area (Å²) >= 11 is 0. The number of rotatable bonds is 5. The molecule has 3 aromatic rings. The molecular weight excluding hydrogens is 543 g/mol. The van der Waals surface area contributed by atoms with Gasteiger partial charge in [-0.3, -0.25) is 23.6 Å². The van der Waals surface area contributed by atoms with Gasteiger partial charge in [0.25, 0.3) is 5.91 Å². The van der Waals surface area contributed by atoms with E-state index in [2.05, 4.69) is 0 Å². The second-order valence-corrected chi connectivity index (χ2v) is 12.0. The number of aromatic nitrogens is 2. The van der Waals surface area contributed by atoms with E-state index in [9.17, 15) is 19.2 Å². The SMILES string of the molecule is COc1ccc(CN2C(=O)CCC(n3c(=O)n(C)c4c(F)c(C5CCN(C(=O)OC(C)(C)C)CC5)ccc43)C2=O)cc1. The third-order valence-electron chi connectivity index (χ3n) is 8.09. The zero-order valence-electron chi connectivity index (χ0n) is 24.7. The number of piperidine rings is 2. The molecule has 1 unspecified atom stereocenters. The molecule has 0 N–H and O–H groups in total. The lowest BCUT2D eigenvalue weighted by atomic mass is 9.89. The van der Waals surface area contributed by atoms with Crippen LogP contribution in [0.1, 0.15) is 69.5 Å². The number of carbonyl (C=O) groups excluding carboxylic acids is 3. The maximum Gasteiger partial charge on any atom is 0.410 e. The number of hydrogen-bond acceptors (Lipinski definition) is 6. The maximum absolute atomic E-state index is 16.1. The van der Waals surface area contributed by atoms with Crippen LogP contribution >= 0.6 is 0 Å². The van der Waals surface area contributed by atoms with Gasteiger partial charge in [-0.1, -0.05) is 18.2 Å². The number of benzene rings is 2. The minimum Gasteiger partial charge on any atom is -0.497 e. The topological polar surface area (TPSA) is 103 Å². The molecule has 10 nitrogen and oxygen atoms in total. The summed E-state index contributed by atoms with van der Waals surface area (Å²) in [4.78, 5) is 55.1. The first-order chi connectivity index (χ1) is 19.9. The average Bonchev–Trinajstić information content (AvgIpc) is 3.21. The highest BCUT2D eigenvalue weighted by atomic mass is 19.1. The molecule has 2 aliphatic heterocycles. The Bertz CT molecular complexity index is 1580.